The highest BCUT2D eigenvalue weighted by Crippen LogP contribution is 2.20. The molecule has 17 heavy (non-hydrogen) atoms. The summed E-state index contributed by atoms with van der Waals surface area (Å²) in [7, 11) is 0. The van der Waals surface area contributed by atoms with Crippen molar-refractivity contribution in [3.05, 3.63) is 40.0 Å². The maximum Gasteiger partial charge on any atom is 0.260 e. The Labute approximate surface area is 106 Å². The third-order valence-electron chi connectivity index (χ3n) is 2.12. The normalized spacial score (nSPS) is 10.2. The van der Waals surface area contributed by atoms with Crippen LogP contribution in [0.1, 0.15) is 16.1 Å². The third-order valence-corrected chi connectivity index (χ3v) is 2.62. The summed E-state index contributed by atoms with van der Waals surface area (Å²) < 4.78 is 5.71. The average Bonchev–Trinajstić information content (AvgIpc) is 2.63. The number of aryl methyl sites for hydroxylation is 1. The summed E-state index contributed by atoms with van der Waals surface area (Å²) in [6.07, 6.45) is 0. The molecular formula is C11H10BrN3O2. The van der Waals surface area contributed by atoms with E-state index in [0.29, 0.717) is 22.8 Å². The summed E-state index contributed by atoms with van der Waals surface area (Å²) in [5.41, 5.74) is 7.23. The van der Waals surface area contributed by atoms with Gasteiger partial charge in [0.1, 0.15) is 0 Å². The number of hydrogen-bond acceptors (Lipinski definition) is 4. The van der Waals surface area contributed by atoms with Crippen molar-refractivity contribution in [2.75, 3.05) is 11.1 Å². The van der Waals surface area contributed by atoms with Gasteiger partial charge in [-0.1, -0.05) is 21.1 Å². The highest BCUT2D eigenvalue weighted by molar-refractivity contribution is 9.10. The van der Waals surface area contributed by atoms with E-state index in [-0.39, 0.29) is 5.91 Å². The number of nitrogen functional groups attached to an aromatic ring is 1. The molecule has 1 aromatic heterocycles. The van der Waals surface area contributed by atoms with Crippen molar-refractivity contribution in [3.63, 3.8) is 0 Å². The van der Waals surface area contributed by atoms with Gasteiger partial charge in [-0.3, -0.25) is 10.1 Å². The molecule has 1 aromatic carbocycles. The Morgan fingerprint density at radius 2 is 2.24 bits per heavy atom. The molecule has 0 fully saturated rings. The number of carbonyl (C=O) groups is 1. The summed E-state index contributed by atoms with van der Waals surface area (Å²) in [6.45, 7) is 1.77. The van der Waals surface area contributed by atoms with Gasteiger partial charge in [0, 0.05) is 16.2 Å². The van der Waals surface area contributed by atoms with Crippen LogP contribution in [0.2, 0.25) is 0 Å². The largest absolute Gasteiger partial charge is 0.398 e. The molecule has 0 unspecified atom stereocenters. The monoisotopic (exact) mass is 295 g/mol. The standard InChI is InChI=1S/C11H10BrN3O2/c1-6-4-10(17-15-6)14-11(16)8-3-2-7(12)5-9(8)13/h2-5H,13H2,1H3,(H,14,16). The number of rotatable bonds is 2. The van der Waals surface area contributed by atoms with Crippen molar-refractivity contribution in [2.24, 2.45) is 0 Å². The van der Waals surface area contributed by atoms with Gasteiger partial charge in [-0.05, 0) is 25.1 Å². The molecule has 2 aromatic rings. The molecule has 2 rings (SSSR count). The van der Waals surface area contributed by atoms with Crippen LogP contribution in [-0.4, -0.2) is 11.1 Å². The molecule has 3 N–H and O–H groups in total. The van der Waals surface area contributed by atoms with Crippen molar-refractivity contribution < 1.29 is 9.32 Å². The number of nitrogens with zero attached hydrogens (tertiary/aromatic N) is 1. The molecule has 0 radical (unpaired) electrons. The number of carbonyl (C=O) groups excluding carboxylic acids is 1. The molecule has 88 valence electrons. The van der Waals surface area contributed by atoms with E-state index >= 15 is 0 Å². The van der Waals surface area contributed by atoms with Gasteiger partial charge in [0.2, 0.25) is 5.88 Å². The summed E-state index contributed by atoms with van der Waals surface area (Å²) in [6, 6.07) is 6.68. The van der Waals surface area contributed by atoms with Crippen molar-refractivity contribution in [3.8, 4) is 0 Å². The smallest absolute Gasteiger partial charge is 0.260 e. The van der Waals surface area contributed by atoms with Gasteiger partial charge in [0.05, 0.1) is 11.3 Å². The number of benzene rings is 1. The van der Waals surface area contributed by atoms with Crippen LogP contribution in [0.25, 0.3) is 0 Å². The molecule has 5 nitrogen and oxygen atoms in total. The quantitative estimate of drug-likeness (QED) is 0.835. The predicted molar refractivity (Wildman–Crippen MR) is 67.7 cm³/mol. The van der Waals surface area contributed by atoms with Gasteiger partial charge in [-0.25, -0.2) is 0 Å². The summed E-state index contributed by atoms with van der Waals surface area (Å²) in [4.78, 5) is 11.9. The number of nitrogens with two attached hydrogens (primary N) is 1. The van der Waals surface area contributed by atoms with E-state index in [4.69, 9.17) is 10.3 Å². The van der Waals surface area contributed by atoms with Crippen LogP contribution >= 0.6 is 15.9 Å². The minimum atomic E-state index is -0.328. The first-order valence-electron chi connectivity index (χ1n) is 4.86. The molecule has 0 saturated heterocycles. The number of aromatic nitrogens is 1. The second kappa shape index (κ2) is 4.58. The summed E-state index contributed by atoms with van der Waals surface area (Å²) in [5.74, 6) is -0.0269. The Morgan fingerprint density at radius 3 is 2.82 bits per heavy atom. The first kappa shape index (κ1) is 11.7. The molecule has 0 aliphatic rings. The fraction of sp³-hybridized carbons (Fsp3) is 0.0909. The molecule has 6 heteroatoms. The fourth-order valence-electron chi connectivity index (χ4n) is 1.34. The van der Waals surface area contributed by atoms with Crippen LogP contribution in [0.4, 0.5) is 11.6 Å². The maximum atomic E-state index is 11.9. The highest BCUT2D eigenvalue weighted by Gasteiger charge is 2.12. The number of hydrogen-bond donors (Lipinski definition) is 2. The van der Waals surface area contributed by atoms with Crippen LogP contribution in [0.5, 0.6) is 0 Å². The molecule has 0 spiro atoms. The van der Waals surface area contributed by atoms with E-state index in [1.807, 2.05) is 0 Å². The zero-order valence-corrected chi connectivity index (χ0v) is 10.6. The molecule has 0 atom stereocenters. The van der Waals surface area contributed by atoms with Crippen molar-refractivity contribution in [1.29, 1.82) is 0 Å². The summed E-state index contributed by atoms with van der Waals surface area (Å²) in [5, 5.41) is 6.25. The van der Waals surface area contributed by atoms with Gasteiger partial charge >= 0.3 is 0 Å². The van der Waals surface area contributed by atoms with Gasteiger partial charge in [0.15, 0.2) is 0 Å². The Balaban J connectivity index is 2.20. The molecule has 0 aliphatic carbocycles. The number of amides is 1. The molecule has 0 bridgehead atoms. The fourth-order valence-corrected chi connectivity index (χ4v) is 1.72. The lowest BCUT2D eigenvalue weighted by atomic mass is 10.1. The van der Waals surface area contributed by atoms with Gasteiger partial charge in [-0.2, -0.15) is 0 Å². The van der Waals surface area contributed by atoms with Crippen LogP contribution in [0.15, 0.2) is 33.3 Å². The third kappa shape index (κ3) is 2.65. The Kier molecular flexibility index (Phi) is 3.14. The molecular weight excluding hydrogens is 286 g/mol. The van der Waals surface area contributed by atoms with Gasteiger partial charge in [0.25, 0.3) is 5.91 Å². The zero-order valence-electron chi connectivity index (χ0n) is 9.03. The summed E-state index contributed by atoms with van der Waals surface area (Å²) >= 11 is 3.28. The molecule has 1 heterocycles. The van der Waals surface area contributed by atoms with Crippen LogP contribution < -0.4 is 11.1 Å². The minimum absolute atomic E-state index is 0.301. The van der Waals surface area contributed by atoms with Crippen molar-refractivity contribution in [1.82, 2.24) is 5.16 Å². The van der Waals surface area contributed by atoms with Crippen LogP contribution in [-0.2, 0) is 0 Å². The van der Waals surface area contributed by atoms with E-state index in [9.17, 15) is 4.79 Å². The Bertz CT molecular complexity index is 566. The van der Waals surface area contributed by atoms with E-state index < -0.39 is 0 Å². The van der Waals surface area contributed by atoms with Gasteiger partial charge in [-0.15, -0.1) is 0 Å². The van der Waals surface area contributed by atoms with E-state index in [0.717, 1.165) is 4.47 Å². The molecule has 0 saturated carbocycles. The minimum Gasteiger partial charge on any atom is -0.398 e. The van der Waals surface area contributed by atoms with Crippen molar-refractivity contribution >= 4 is 33.4 Å². The zero-order chi connectivity index (χ0) is 12.4. The number of halogens is 1. The SMILES string of the molecule is Cc1cc(NC(=O)c2ccc(Br)cc2N)on1. The first-order chi connectivity index (χ1) is 8.06. The second-order valence-corrected chi connectivity index (χ2v) is 4.43. The van der Waals surface area contributed by atoms with E-state index in [1.165, 1.54) is 0 Å². The topological polar surface area (TPSA) is 81.2 Å². The van der Waals surface area contributed by atoms with E-state index in [2.05, 4.69) is 26.4 Å². The van der Waals surface area contributed by atoms with E-state index in [1.54, 1.807) is 31.2 Å². The Hall–Kier alpha value is -1.82. The maximum absolute atomic E-state index is 11.9. The predicted octanol–water partition coefficient (Wildman–Crippen LogP) is 2.58. The van der Waals surface area contributed by atoms with Crippen LogP contribution in [0, 0.1) is 6.92 Å². The number of anilines is 2. The lowest BCUT2D eigenvalue weighted by Gasteiger charge is -2.04. The highest BCUT2D eigenvalue weighted by atomic mass is 79.9. The lowest BCUT2D eigenvalue weighted by molar-refractivity contribution is 0.102. The molecule has 0 aliphatic heterocycles. The lowest BCUT2D eigenvalue weighted by Crippen LogP contribution is -2.13. The Morgan fingerprint density at radius 1 is 1.47 bits per heavy atom. The number of nitrogens with one attached hydrogen (secondary N) is 1. The second-order valence-electron chi connectivity index (χ2n) is 3.52. The molecule has 1 amide bonds. The van der Waals surface area contributed by atoms with Gasteiger partial charge < -0.3 is 10.3 Å². The average molecular weight is 296 g/mol. The van der Waals surface area contributed by atoms with Crippen LogP contribution in [0.3, 0.4) is 0 Å². The first-order valence-corrected chi connectivity index (χ1v) is 5.65. The van der Waals surface area contributed by atoms with Crippen molar-refractivity contribution in [2.45, 2.75) is 6.92 Å².